The molecule has 5 N–H and O–H groups in total. The lowest BCUT2D eigenvalue weighted by molar-refractivity contribution is -0.144. The number of halogens is 2. The first kappa shape index (κ1) is 50.6. The second-order valence-electron chi connectivity index (χ2n) is 21.5. The van der Waals surface area contributed by atoms with Gasteiger partial charge in [0.15, 0.2) is 5.69 Å². The molecule has 2 aliphatic heterocycles. The predicted molar refractivity (Wildman–Crippen MR) is 267 cm³/mol. The number of anilines is 1. The molecule has 7 atom stereocenters. The van der Waals surface area contributed by atoms with Crippen molar-refractivity contribution in [2.45, 2.75) is 129 Å². The number of aliphatic hydroxyl groups excluding tert-OH is 1. The molecule has 3 fully saturated rings. The van der Waals surface area contributed by atoms with Crippen molar-refractivity contribution < 1.29 is 37.9 Å². The van der Waals surface area contributed by atoms with E-state index in [4.69, 9.17) is 0 Å². The quantitative estimate of drug-likeness (QED) is 0.0606. The van der Waals surface area contributed by atoms with Gasteiger partial charge in [0.25, 0.3) is 11.8 Å². The molecule has 5 heterocycles. The number of hydrogen-bond donors (Lipinski definition) is 5. The molecule has 2 aliphatic carbocycles. The van der Waals surface area contributed by atoms with Crippen LogP contribution in [-0.4, -0.2) is 113 Å². The fourth-order valence-corrected chi connectivity index (χ4v) is 11.7. The van der Waals surface area contributed by atoms with E-state index in [1.165, 1.54) is 4.90 Å². The zero-order chi connectivity index (χ0) is 51.3. The summed E-state index contributed by atoms with van der Waals surface area (Å²) in [5.74, 6) is -5.13. The Bertz CT molecular complexity index is 2820. The van der Waals surface area contributed by atoms with Crippen LogP contribution in [0.25, 0.3) is 10.4 Å². The average molecular weight is 1010 g/mol. The van der Waals surface area contributed by atoms with Gasteiger partial charge in [-0.15, -0.1) is 11.3 Å². The summed E-state index contributed by atoms with van der Waals surface area (Å²) in [4.78, 5) is 76.7. The molecule has 5 aromatic rings. The highest BCUT2D eigenvalue weighted by molar-refractivity contribution is 7.13. The minimum Gasteiger partial charge on any atom is -0.391 e. The number of aliphatic hydroxyl groups is 1. The van der Waals surface area contributed by atoms with Crippen LogP contribution in [0.3, 0.4) is 0 Å². The number of nitrogens with one attached hydrogen (secondary N) is 4. The molecule has 19 heteroatoms. The highest BCUT2D eigenvalue weighted by Gasteiger charge is 2.78. The van der Waals surface area contributed by atoms with Gasteiger partial charge in [-0.25, -0.2) is 13.8 Å². The Labute approximate surface area is 421 Å². The molecule has 16 nitrogen and oxygen atoms in total. The highest BCUT2D eigenvalue weighted by Crippen LogP contribution is 2.70. The Morgan fingerprint density at radius 1 is 0.958 bits per heavy atom. The third-order valence-electron chi connectivity index (χ3n) is 15.4. The van der Waals surface area contributed by atoms with E-state index in [0.717, 1.165) is 27.3 Å². The summed E-state index contributed by atoms with van der Waals surface area (Å²) in [7, 11) is 0. The monoisotopic (exact) mass is 1010 g/mol. The number of alkyl halides is 2. The Kier molecular flexibility index (Phi) is 14.0. The first-order valence-corrected chi connectivity index (χ1v) is 25.8. The zero-order valence-corrected chi connectivity index (χ0v) is 42.4. The first-order valence-electron chi connectivity index (χ1n) is 24.9. The van der Waals surface area contributed by atoms with Crippen LogP contribution < -0.4 is 16.0 Å². The molecular weight excluding hydrogens is 943 g/mol. The Morgan fingerprint density at radius 3 is 2.38 bits per heavy atom. The van der Waals surface area contributed by atoms with Gasteiger partial charge in [-0.2, -0.15) is 10.2 Å². The van der Waals surface area contributed by atoms with Gasteiger partial charge in [-0.3, -0.25) is 33.8 Å². The van der Waals surface area contributed by atoms with E-state index >= 15 is 0 Å². The molecule has 0 bridgehead atoms. The topological polar surface area (TPSA) is 208 Å². The number of β-amino-alcohol motifs (C(OH)–C–C–N with tert-alkyl or cyclic N) is 1. The summed E-state index contributed by atoms with van der Waals surface area (Å²) in [6, 6.07) is 15.3. The van der Waals surface area contributed by atoms with E-state index in [-0.39, 0.29) is 73.6 Å². The fourth-order valence-electron chi connectivity index (χ4n) is 10.9. The van der Waals surface area contributed by atoms with Crippen molar-refractivity contribution in [1.82, 2.24) is 45.4 Å². The maximum Gasteiger partial charge on any atom is 0.276 e. The van der Waals surface area contributed by atoms with Crippen LogP contribution in [0.2, 0.25) is 0 Å². The lowest BCUT2D eigenvalue weighted by Gasteiger charge is -2.43. The maximum absolute atomic E-state index is 14.5. The number of thiazole rings is 1. The number of likely N-dealkylation sites (tertiary alicyclic amines) is 2. The van der Waals surface area contributed by atoms with Crippen LogP contribution in [-0.2, 0) is 32.0 Å². The van der Waals surface area contributed by atoms with E-state index in [0.29, 0.717) is 55.7 Å². The summed E-state index contributed by atoms with van der Waals surface area (Å²) in [5, 5.41) is 31.1. The SMILES string of the molecule is Cc1ncsc1-c1ccc(C(C)NC(=O)[C@@H]2C[C@@H](O)CN2C(=O)C(NC(=O)CCCCCC(=O)N2CC(C(c3ccccc3)n3cc(NC(=O)c4n[nH]c5c4C[C@@H]4C(F)(F)[C@]4(C)C5)cn3)C2)C(C)(C)C)cc1. The molecule has 3 unspecified atom stereocenters. The van der Waals surface area contributed by atoms with Gasteiger partial charge >= 0.3 is 0 Å². The summed E-state index contributed by atoms with van der Waals surface area (Å²) < 4.78 is 30.8. The number of aryl methyl sites for hydroxylation is 1. The molecule has 72 heavy (non-hydrogen) atoms. The van der Waals surface area contributed by atoms with Gasteiger partial charge in [-0.05, 0) is 55.2 Å². The lowest BCUT2D eigenvalue weighted by Crippen LogP contribution is -2.57. The number of aromatic amines is 1. The number of H-pyrrole nitrogens is 1. The number of nitrogens with zero attached hydrogens (tertiary/aromatic N) is 6. The second-order valence-corrected chi connectivity index (χ2v) is 22.4. The molecule has 0 spiro atoms. The maximum atomic E-state index is 14.5. The van der Waals surface area contributed by atoms with Crippen molar-refractivity contribution in [3.63, 3.8) is 0 Å². The highest BCUT2D eigenvalue weighted by atomic mass is 32.1. The number of carbonyl (C=O) groups is 5. The number of rotatable bonds is 17. The molecule has 382 valence electrons. The van der Waals surface area contributed by atoms with Crippen molar-refractivity contribution in [2.24, 2.45) is 22.7 Å². The van der Waals surface area contributed by atoms with E-state index in [1.54, 1.807) is 35.3 Å². The Balaban J connectivity index is 0.728. The van der Waals surface area contributed by atoms with Crippen LogP contribution >= 0.6 is 11.3 Å². The zero-order valence-electron chi connectivity index (χ0n) is 41.6. The third kappa shape index (κ3) is 10.1. The van der Waals surface area contributed by atoms with Gasteiger partial charge in [0.1, 0.15) is 12.1 Å². The standard InChI is InChI=1S/C53H64F2N10O6S/c1-30(32-17-19-34(20-18-32)46-31(2)56-29-72-46)58-48(69)40-21-37(66)28-64(40)50(71)47(51(3,4)5)60-42(67)15-11-8-12-16-43(68)63-25-35(26-63)45(33-13-9-7-10-14-33)65-27-36(24-57-65)59-49(70)44-38-22-41-52(6,53(41,54)55)23-39(38)61-62-44/h7,9-10,13-14,17-20,24,27,29-30,35,37,40-41,45,47,66H,8,11-12,15-16,21-23,25-26,28H2,1-6H3,(H,58,69)(H,59,70)(H,60,67)(H,61,62)/t30?,37-,40+,41+,45?,47?,52-/m1/s1. The first-order chi connectivity index (χ1) is 34.2. The predicted octanol–water partition coefficient (Wildman–Crippen LogP) is 7.03. The number of aromatic nitrogens is 5. The van der Waals surface area contributed by atoms with Crippen molar-refractivity contribution >= 4 is 46.6 Å². The largest absolute Gasteiger partial charge is 0.391 e. The molecule has 1 saturated carbocycles. The Hall–Kier alpha value is -6.34. The lowest BCUT2D eigenvalue weighted by atomic mass is 9.85. The van der Waals surface area contributed by atoms with Gasteiger partial charge in [0.05, 0.1) is 46.2 Å². The molecule has 9 rings (SSSR count). The average Bonchev–Trinajstić information content (AvgIpc) is 4.05. The van der Waals surface area contributed by atoms with Gasteiger partial charge < -0.3 is 30.9 Å². The van der Waals surface area contributed by atoms with Crippen LogP contribution in [0.4, 0.5) is 14.5 Å². The molecule has 2 saturated heterocycles. The van der Waals surface area contributed by atoms with Gasteiger partial charge in [0.2, 0.25) is 23.6 Å². The molecule has 2 aromatic carbocycles. The van der Waals surface area contributed by atoms with Gasteiger partial charge in [0, 0.05) is 80.0 Å². The summed E-state index contributed by atoms with van der Waals surface area (Å²) >= 11 is 1.57. The molecule has 5 amide bonds. The normalized spacial score (nSPS) is 22.5. The number of carbonyl (C=O) groups excluding carboxylic acids is 5. The molecule has 3 aromatic heterocycles. The number of fused-ring (bicyclic) bond motifs is 2. The molecule has 0 radical (unpaired) electrons. The number of hydrogen-bond acceptors (Lipinski definition) is 10. The molecule has 4 aliphatic rings. The van der Waals surface area contributed by atoms with Crippen molar-refractivity contribution in [1.29, 1.82) is 0 Å². The van der Waals surface area contributed by atoms with Crippen molar-refractivity contribution in [3.8, 4) is 10.4 Å². The smallest absolute Gasteiger partial charge is 0.276 e. The summed E-state index contributed by atoms with van der Waals surface area (Å²) in [6.07, 6.45) is 4.90. The third-order valence-corrected chi connectivity index (χ3v) is 16.3. The molecular formula is C53H64F2N10O6S. The number of unbranched alkanes of at least 4 members (excludes halogenated alkanes) is 2. The van der Waals surface area contributed by atoms with E-state index in [2.05, 4.69) is 36.2 Å². The Morgan fingerprint density at radius 2 is 1.68 bits per heavy atom. The minimum absolute atomic E-state index is 0.0154. The van der Waals surface area contributed by atoms with Crippen LogP contribution in [0.15, 0.2) is 72.5 Å². The summed E-state index contributed by atoms with van der Waals surface area (Å²) in [6.45, 7) is 12.0. The van der Waals surface area contributed by atoms with Gasteiger partial charge in [-0.1, -0.05) is 88.7 Å². The number of amides is 5. The minimum atomic E-state index is -2.77. The number of benzene rings is 2. The fraction of sp³-hybridized carbons (Fsp3) is 0.509. The van der Waals surface area contributed by atoms with E-state index in [1.807, 2.05) is 99.6 Å². The van der Waals surface area contributed by atoms with E-state index in [9.17, 15) is 37.9 Å². The van der Waals surface area contributed by atoms with Crippen molar-refractivity contribution in [3.05, 3.63) is 106 Å². The van der Waals surface area contributed by atoms with Crippen LogP contribution in [0, 0.1) is 29.6 Å². The van der Waals surface area contributed by atoms with Crippen LogP contribution in [0.5, 0.6) is 0 Å². The second kappa shape index (κ2) is 19.9. The van der Waals surface area contributed by atoms with Crippen molar-refractivity contribution in [2.75, 3.05) is 25.0 Å². The van der Waals surface area contributed by atoms with E-state index < -0.39 is 52.7 Å². The van der Waals surface area contributed by atoms with Crippen LogP contribution in [0.1, 0.15) is 124 Å². The summed E-state index contributed by atoms with van der Waals surface area (Å²) in [5.41, 5.74) is 5.55.